The molecule has 0 aromatic heterocycles. The highest BCUT2D eigenvalue weighted by atomic mass is 35.5. The molecule has 2 rings (SSSR count). The van der Waals surface area contributed by atoms with Crippen molar-refractivity contribution in [2.75, 3.05) is 11.8 Å². The van der Waals surface area contributed by atoms with Crippen LogP contribution in [-0.2, 0) is 6.54 Å². The van der Waals surface area contributed by atoms with Crippen LogP contribution in [0.5, 0.6) is 0 Å². The molecule has 1 aromatic rings. The number of halogens is 2. The summed E-state index contributed by atoms with van der Waals surface area (Å²) in [5.41, 5.74) is 1.34. The molecule has 0 radical (unpaired) electrons. The van der Waals surface area contributed by atoms with Crippen molar-refractivity contribution in [3.63, 3.8) is 0 Å². The van der Waals surface area contributed by atoms with Crippen LogP contribution in [0.4, 0.5) is 0 Å². The first-order chi connectivity index (χ1) is 8.26. The lowest BCUT2D eigenvalue weighted by molar-refractivity contribution is 0.198. The van der Waals surface area contributed by atoms with Gasteiger partial charge in [0.25, 0.3) is 0 Å². The number of benzene rings is 1. The predicted octanol–water partition coefficient (Wildman–Crippen LogP) is 3.74. The van der Waals surface area contributed by atoms with Crippen molar-refractivity contribution in [3.05, 3.63) is 35.9 Å². The van der Waals surface area contributed by atoms with Crippen molar-refractivity contribution >= 4 is 23.2 Å². The first-order valence-electron chi connectivity index (χ1n) is 6.18. The predicted molar refractivity (Wildman–Crippen MR) is 74.8 cm³/mol. The van der Waals surface area contributed by atoms with Gasteiger partial charge in [-0.15, -0.1) is 23.2 Å². The molecule has 94 valence electrons. The van der Waals surface area contributed by atoms with Crippen LogP contribution in [0, 0.1) is 5.92 Å². The van der Waals surface area contributed by atoms with E-state index in [-0.39, 0.29) is 0 Å². The van der Waals surface area contributed by atoms with Crippen molar-refractivity contribution in [1.82, 2.24) is 4.90 Å². The van der Waals surface area contributed by atoms with Crippen molar-refractivity contribution in [2.45, 2.75) is 32.0 Å². The second-order valence-electron chi connectivity index (χ2n) is 4.90. The molecule has 1 saturated heterocycles. The first kappa shape index (κ1) is 13.2. The lowest BCUT2D eigenvalue weighted by Gasteiger charge is -2.29. The molecule has 1 aliphatic rings. The summed E-state index contributed by atoms with van der Waals surface area (Å²) < 4.78 is 0. The van der Waals surface area contributed by atoms with Gasteiger partial charge in [-0.25, -0.2) is 0 Å². The Morgan fingerprint density at radius 3 is 2.47 bits per heavy atom. The lowest BCUT2D eigenvalue weighted by Crippen LogP contribution is -2.38. The Labute approximate surface area is 114 Å². The largest absolute Gasteiger partial charge is 0.291 e. The summed E-state index contributed by atoms with van der Waals surface area (Å²) >= 11 is 12.2. The van der Waals surface area contributed by atoms with E-state index in [4.69, 9.17) is 23.2 Å². The maximum Gasteiger partial charge on any atom is 0.0382 e. The minimum Gasteiger partial charge on any atom is -0.291 e. The molecule has 0 amide bonds. The summed E-state index contributed by atoms with van der Waals surface area (Å²) in [6.07, 6.45) is 1.16. The SMILES string of the molecule is CC1CC(CCl)N(Cc2ccccc2)C1CCl. The molecular formula is C14H19Cl2N. The molecule has 0 spiro atoms. The van der Waals surface area contributed by atoms with Crippen LogP contribution in [0.15, 0.2) is 30.3 Å². The highest BCUT2D eigenvalue weighted by molar-refractivity contribution is 6.18. The summed E-state index contributed by atoms with van der Waals surface area (Å²) in [4.78, 5) is 2.47. The molecule has 1 fully saturated rings. The van der Waals surface area contributed by atoms with Gasteiger partial charge in [-0.1, -0.05) is 37.3 Å². The fraction of sp³-hybridized carbons (Fsp3) is 0.571. The van der Waals surface area contributed by atoms with E-state index in [1.54, 1.807) is 0 Å². The maximum absolute atomic E-state index is 6.10. The molecular weight excluding hydrogens is 253 g/mol. The van der Waals surface area contributed by atoms with E-state index in [9.17, 15) is 0 Å². The standard InChI is InChI=1S/C14H19Cl2N/c1-11-7-13(8-15)17(14(11)9-16)10-12-5-3-2-4-6-12/h2-6,11,13-14H,7-10H2,1H3. The van der Waals surface area contributed by atoms with Gasteiger partial charge in [-0.3, -0.25) is 4.90 Å². The summed E-state index contributed by atoms with van der Waals surface area (Å²) in [6, 6.07) is 11.5. The van der Waals surface area contributed by atoms with Crippen LogP contribution < -0.4 is 0 Å². The van der Waals surface area contributed by atoms with Crippen LogP contribution in [0.1, 0.15) is 18.9 Å². The maximum atomic E-state index is 6.10. The molecule has 0 saturated carbocycles. The van der Waals surface area contributed by atoms with E-state index in [0.717, 1.165) is 13.0 Å². The molecule has 3 heteroatoms. The number of hydrogen-bond acceptors (Lipinski definition) is 1. The number of hydrogen-bond donors (Lipinski definition) is 0. The van der Waals surface area contributed by atoms with E-state index in [1.807, 2.05) is 6.07 Å². The quantitative estimate of drug-likeness (QED) is 0.755. The van der Waals surface area contributed by atoms with E-state index in [1.165, 1.54) is 5.56 Å². The van der Waals surface area contributed by atoms with Crippen molar-refractivity contribution in [3.8, 4) is 0 Å². The van der Waals surface area contributed by atoms with Gasteiger partial charge < -0.3 is 0 Å². The average molecular weight is 272 g/mol. The molecule has 0 bridgehead atoms. The fourth-order valence-corrected chi connectivity index (χ4v) is 3.54. The average Bonchev–Trinajstić information content (AvgIpc) is 2.66. The van der Waals surface area contributed by atoms with Crippen LogP contribution >= 0.6 is 23.2 Å². The van der Waals surface area contributed by atoms with E-state index < -0.39 is 0 Å². The normalized spacial score (nSPS) is 29.7. The first-order valence-corrected chi connectivity index (χ1v) is 7.24. The van der Waals surface area contributed by atoms with Crippen molar-refractivity contribution in [2.24, 2.45) is 5.92 Å². The van der Waals surface area contributed by atoms with Gasteiger partial charge >= 0.3 is 0 Å². The molecule has 1 nitrogen and oxygen atoms in total. The molecule has 0 aliphatic carbocycles. The van der Waals surface area contributed by atoms with E-state index >= 15 is 0 Å². The minimum atomic E-state index is 0.459. The van der Waals surface area contributed by atoms with Crippen LogP contribution in [0.3, 0.4) is 0 Å². The zero-order chi connectivity index (χ0) is 12.3. The number of rotatable bonds is 4. The summed E-state index contributed by atoms with van der Waals surface area (Å²) in [5.74, 6) is 2.03. The Morgan fingerprint density at radius 2 is 1.88 bits per heavy atom. The Kier molecular flexibility index (Phi) is 4.72. The van der Waals surface area contributed by atoms with Crippen LogP contribution in [0.25, 0.3) is 0 Å². The van der Waals surface area contributed by atoms with E-state index in [2.05, 4.69) is 36.1 Å². The zero-order valence-corrected chi connectivity index (χ0v) is 11.7. The molecule has 1 aliphatic heterocycles. The topological polar surface area (TPSA) is 3.24 Å². The number of nitrogens with zero attached hydrogens (tertiary/aromatic N) is 1. The van der Waals surface area contributed by atoms with Gasteiger partial charge in [0.1, 0.15) is 0 Å². The smallest absolute Gasteiger partial charge is 0.0382 e. The van der Waals surface area contributed by atoms with Crippen molar-refractivity contribution in [1.29, 1.82) is 0 Å². The number of alkyl halides is 2. The summed E-state index contributed by atoms with van der Waals surface area (Å²) in [6.45, 7) is 3.23. The third kappa shape index (κ3) is 2.96. The Balaban J connectivity index is 2.11. The molecule has 17 heavy (non-hydrogen) atoms. The molecule has 1 aromatic carbocycles. The minimum absolute atomic E-state index is 0.459. The van der Waals surface area contributed by atoms with Gasteiger partial charge in [-0.2, -0.15) is 0 Å². The Bertz CT molecular complexity index is 341. The van der Waals surface area contributed by atoms with Crippen LogP contribution in [-0.4, -0.2) is 28.7 Å². The van der Waals surface area contributed by atoms with Gasteiger partial charge in [0.2, 0.25) is 0 Å². The third-order valence-electron chi connectivity index (χ3n) is 3.74. The molecule has 3 unspecified atom stereocenters. The second-order valence-corrected chi connectivity index (χ2v) is 5.52. The van der Waals surface area contributed by atoms with E-state index in [0.29, 0.717) is 29.8 Å². The zero-order valence-electron chi connectivity index (χ0n) is 10.2. The van der Waals surface area contributed by atoms with Crippen LogP contribution in [0.2, 0.25) is 0 Å². The van der Waals surface area contributed by atoms with Gasteiger partial charge in [0.05, 0.1) is 0 Å². The number of likely N-dealkylation sites (tertiary alicyclic amines) is 1. The van der Waals surface area contributed by atoms with Crippen molar-refractivity contribution < 1.29 is 0 Å². The fourth-order valence-electron chi connectivity index (χ4n) is 2.75. The lowest BCUT2D eigenvalue weighted by atomic mass is 10.0. The third-order valence-corrected chi connectivity index (χ3v) is 4.41. The van der Waals surface area contributed by atoms with Gasteiger partial charge in [-0.05, 0) is 17.9 Å². The second kappa shape index (κ2) is 6.08. The summed E-state index contributed by atoms with van der Waals surface area (Å²) in [7, 11) is 0. The van der Waals surface area contributed by atoms with Gasteiger partial charge in [0, 0.05) is 30.4 Å². The highest BCUT2D eigenvalue weighted by Gasteiger charge is 2.37. The molecule has 3 atom stereocenters. The Morgan fingerprint density at radius 1 is 1.18 bits per heavy atom. The Hall–Kier alpha value is -0.240. The summed E-state index contributed by atoms with van der Waals surface area (Å²) in [5, 5.41) is 0. The molecule has 0 N–H and O–H groups in total. The highest BCUT2D eigenvalue weighted by Crippen LogP contribution is 2.32. The molecule has 1 heterocycles. The van der Waals surface area contributed by atoms with Gasteiger partial charge in [0.15, 0.2) is 0 Å². The monoisotopic (exact) mass is 271 g/mol.